The minimum Gasteiger partial charge on any atom is -0.506 e. The molecule has 1 aliphatic carbocycles. The molecule has 39 heavy (non-hydrogen) atoms. The second kappa shape index (κ2) is 12.0. The summed E-state index contributed by atoms with van der Waals surface area (Å²) < 4.78 is 0. The second-order valence-electron chi connectivity index (χ2n) is 10.2. The number of rotatable bonds is 6. The summed E-state index contributed by atoms with van der Waals surface area (Å²) in [7, 11) is 0. The quantitative estimate of drug-likeness (QED) is 0.354. The van der Waals surface area contributed by atoms with Gasteiger partial charge < -0.3 is 20.2 Å². The number of likely N-dealkylation sites (tertiary alicyclic amines) is 1. The zero-order valence-corrected chi connectivity index (χ0v) is 22.6. The molecule has 2 saturated heterocycles. The molecule has 2 N–H and O–H groups in total. The van der Waals surface area contributed by atoms with Gasteiger partial charge in [-0.3, -0.25) is 14.5 Å². The lowest BCUT2D eigenvalue weighted by Gasteiger charge is -2.43. The van der Waals surface area contributed by atoms with Gasteiger partial charge >= 0.3 is 0 Å². The first-order valence-corrected chi connectivity index (χ1v) is 13.7. The van der Waals surface area contributed by atoms with Crippen LogP contribution < -0.4 is 10.2 Å². The highest BCUT2D eigenvalue weighted by Gasteiger charge is 2.53. The summed E-state index contributed by atoms with van der Waals surface area (Å²) in [5.74, 6) is 1.09. The van der Waals surface area contributed by atoms with Gasteiger partial charge in [0.2, 0.25) is 12.3 Å². The van der Waals surface area contributed by atoms with Crippen LogP contribution in [0.15, 0.2) is 60.9 Å². The van der Waals surface area contributed by atoms with E-state index in [1.165, 1.54) is 30.7 Å². The third-order valence-electron chi connectivity index (χ3n) is 7.57. The lowest BCUT2D eigenvalue weighted by Crippen LogP contribution is -2.58. The van der Waals surface area contributed by atoms with E-state index in [2.05, 4.69) is 54.2 Å². The lowest BCUT2D eigenvalue weighted by molar-refractivity contribution is -0.135. The Labute approximate surface area is 233 Å². The van der Waals surface area contributed by atoms with Crippen LogP contribution in [0.5, 0.6) is 5.75 Å². The van der Waals surface area contributed by atoms with Gasteiger partial charge in [-0.15, -0.1) is 0 Å². The van der Waals surface area contributed by atoms with Gasteiger partial charge in [-0.2, -0.15) is 0 Å². The molecule has 0 unspecified atom stereocenters. The number of aromatic hydroxyl groups is 1. The molecule has 1 spiro atoms. The van der Waals surface area contributed by atoms with Crippen LogP contribution in [0.25, 0.3) is 11.4 Å². The van der Waals surface area contributed by atoms with E-state index in [1.807, 2.05) is 6.07 Å². The van der Waals surface area contributed by atoms with Crippen molar-refractivity contribution in [3.8, 4) is 17.1 Å². The van der Waals surface area contributed by atoms with E-state index in [9.17, 15) is 9.59 Å². The Morgan fingerprint density at radius 1 is 1.03 bits per heavy atom. The molecule has 2 amide bonds. The summed E-state index contributed by atoms with van der Waals surface area (Å²) in [5.41, 5.74) is 2.88. The Kier molecular flexibility index (Phi) is 8.28. The number of benzene rings is 2. The molecule has 1 aromatic heterocycles. The number of carbonyl (C=O) groups excluding carboxylic acids is 2. The summed E-state index contributed by atoms with van der Waals surface area (Å²) in [6, 6.07) is 14.8. The van der Waals surface area contributed by atoms with Crippen LogP contribution in [0.4, 0.5) is 11.4 Å². The van der Waals surface area contributed by atoms with Crippen molar-refractivity contribution in [1.82, 2.24) is 19.8 Å². The first-order valence-electron chi connectivity index (χ1n) is 13.3. The van der Waals surface area contributed by atoms with Gasteiger partial charge in [-0.05, 0) is 87.3 Å². The summed E-state index contributed by atoms with van der Waals surface area (Å²) in [6.07, 6.45) is 8.81. The van der Waals surface area contributed by atoms with Crippen molar-refractivity contribution in [1.29, 1.82) is 0 Å². The third kappa shape index (κ3) is 6.49. The minimum absolute atomic E-state index is 0.00288. The Bertz CT molecular complexity index is 1280. The number of piperazine rings is 1. The van der Waals surface area contributed by atoms with Gasteiger partial charge in [0, 0.05) is 49.0 Å². The van der Waals surface area contributed by atoms with Crippen molar-refractivity contribution in [2.24, 2.45) is 0 Å². The monoisotopic (exact) mass is 548 g/mol. The number of phenolic OH excluding ortho intramolecular Hbond substituents is 1. The molecule has 9 nitrogen and oxygen atoms in total. The maximum atomic E-state index is 12.9. The predicted octanol–water partition coefficient (Wildman–Crippen LogP) is 4.03. The molecule has 0 bridgehead atoms. The van der Waals surface area contributed by atoms with E-state index in [-0.39, 0.29) is 16.3 Å². The fourth-order valence-electron chi connectivity index (χ4n) is 5.31. The van der Waals surface area contributed by atoms with Gasteiger partial charge in [0.25, 0.3) is 0 Å². The number of hydrogen-bond acceptors (Lipinski definition) is 7. The maximum absolute atomic E-state index is 12.9. The largest absolute Gasteiger partial charge is 0.506 e. The average Bonchev–Trinajstić information content (AvgIpc) is 3.51. The number of nitrogens with one attached hydrogen (secondary N) is 1. The molecule has 2 aliphatic heterocycles. The Morgan fingerprint density at radius 2 is 1.74 bits per heavy atom. The van der Waals surface area contributed by atoms with E-state index in [0.717, 1.165) is 57.0 Å². The second-order valence-corrected chi connectivity index (χ2v) is 10.6. The Morgan fingerprint density at radius 3 is 2.38 bits per heavy atom. The number of hydrogen-bond donors (Lipinski definition) is 2. The molecule has 1 saturated carbocycles. The normalized spacial score (nSPS) is 17.9. The van der Waals surface area contributed by atoms with Crippen LogP contribution in [0.1, 0.15) is 25.7 Å². The Balaban J connectivity index is 0.000000237. The molecule has 3 aliphatic rings. The van der Waals surface area contributed by atoms with Gasteiger partial charge in [0.15, 0.2) is 5.82 Å². The highest BCUT2D eigenvalue weighted by molar-refractivity contribution is 6.32. The molecule has 0 radical (unpaired) electrons. The molecule has 6 rings (SSSR count). The summed E-state index contributed by atoms with van der Waals surface area (Å²) in [5, 5.41) is 11.6. The topological polar surface area (TPSA) is 102 Å². The van der Waals surface area contributed by atoms with E-state index < -0.39 is 0 Å². The van der Waals surface area contributed by atoms with E-state index in [0.29, 0.717) is 24.5 Å². The molecule has 204 valence electrons. The first kappa shape index (κ1) is 26.9. The van der Waals surface area contributed by atoms with Crippen molar-refractivity contribution < 1.29 is 14.7 Å². The van der Waals surface area contributed by atoms with Crippen molar-refractivity contribution >= 4 is 35.3 Å². The molecular weight excluding hydrogens is 516 g/mol. The van der Waals surface area contributed by atoms with E-state index >= 15 is 0 Å². The summed E-state index contributed by atoms with van der Waals surface area (Å²) >= 11 is 5.54. The fraction of sp³-hybridized carbons (Fsp3) is 0.379. The van der Waals surface area contributed by atoms with E-state index in [4.69, 9.17) is 16.7 Å². The number of nitrogens with zero attached hydrogens (tertiary/aromatic N) is 5. The Hall–Kier alpha value is -3.69. The van der Waals surface area contributed by atoms with Crippen LogP contribution in [-0.4, -0.2) is 82.0 Å². The number of amides is 2. The molecule has 3 aromatic rings. The SMILES string of the molecule is O=C(CN1CCCC1)N1CCN(c2ccc(-c3ncccn3)cc2)CC12CC2.O=CNc1ccc(O)c(Cl)c1. The highest BCUT2D eigenvalue weighted by atomic mass is 35.5. The van der Waals surface area contributed by atoms with Gasteiger partial charge in [-0.1, -0.05) is 11.6 Å². The first-order chi connectivity index (χ1) is 19.0. The van der Waals surface area contributed by atoms with Crippen LogP contribution in [0, 0.1) is 0 Å². The van der Waals surface area contributed by atoms with Crippen molar-refractivity contribution in [2.75, 3.05) is 49.5 Å². The fourth-order valence-corrected chi connectivity index (χ4v) is 5.49. The zero-order valence-electron chi connectivity index (χ0n) is 21.8. The van der Waals surface area contributed by atoms with Crippen molar-refractivity contribution in [3.05, 3.63) is 65.9 Å². The van der Waals surface area contributed by atoms with Crippen molar-refractivity contribution in [3.63, 3.8) is 0 Å². The predicted molar refractivity (Wildman–Crippen MR) is 152 cm³/mol. The van der Waals surface area contributed by atoms with Crippen LogP contribution >= 0.6 is 11.6 Å². The third-order valence-corrected chi connectivity index (χ3v) is 7.87. The number of phenols is 1. The van der Waals surface area contributed by atoms with Crippen molar-refractivity contribution in [2.45, 2.75) is 31.2 Å². The van der Waals surface area contributed by atoms with Gasteiger partial charge in [-0.25, -0.2) is 9.97 Å². The van der Waals surface area contributed by atoms with E-state index in [1.54, 1.807) is 18.5 Å². The molecule has 3 fully saturated rings. The zero-order chi connectivity index (χ0) is 27.2. The standard InChI is InChI=1S/C22H27N5O.C7H6ClNO2/c28-20(16-25-12-1-2-13-25)27-15-14-26(17-22(27)8-9-22)19-6-4-18(5-7-19)21-23-10-3-11-24-21;8-6-3-5(9-4-10)1-2-7(6)11/h3-7,10-11H,1-2,8-9,12-17H2;1-4,11H,(H,9,10). The molecule has 2 aromatic carbocycles. The molecular formula is C29H33ClN6O3. The summed E-state index contributed by atoms with van der Waals surface area (Å²) in [6.45, 7) is 5.44. The number of aromatic nitrogens is 2. The van der Waals surface area contributed by atoms with Crippen LogP contribution in [0.2, 0.25) is 5.02 Å². The number of carbonyl (C=O) groups is 2. The maximum Gasteiger partial charge on any atom is 0.237 e. The lowest BCUT2D eigenvalue weighted by atomic mass is 10.1. The molecule has 10 heteroatoms. The average molecular weight is 549 g/mol. The summed E-state index contributed by atoms with van der Waals surface area (Å²) in [4.78, 5) is 38.4. The number of halogens is 1. The number of anilines is 2. The highest BCUT2D eigenvalue weighted by Crippen LogP contribution is 2.45. The van der Waals surface area contributed by atoms with Gasteiger partial charge in [0.05, 0.1) is 17.1 Å². The van der Waals surface area contributed by atoms with Crippen LogP contribution in [0.3, 0.4) is 0 Å². The minimum atomic E-state index is 0.00288. The smallest absolute Gasteiger partial charge is 0.237 e. The van der Waals surface area contributed by atoms with Crippen LogP contribution in [-0.2, 0) is 9.59 Å². The van der Waals surface area contributed by atoms with Gasteiger partial charge in [0.1, 0.15) is 5.75 Å². The molecule has 3 heterocycles. The molecule has 0 atom stereocenters.